The lowest BCUT2D eigenvalue weighted by atomic mass is 10.0. The van der Waals surface area contributed by atoms with Crippen LogP contribution in [-0.4, -0.2) is 34.2 Å². The molecule has 1 atom stereocenters. The minimum atomic E-state index is 0.0673. The number of hydrogen-bond acceptors (Lipinski definition) is 3. The average molecular weight is 299 g/mol. The lowest BCUT2D eigenvalue weighted by Crippen LogP contribution is -2.32. The van der Waals surface area contributed by atoms with Gasteiger partial charge in [-0.1, -0.05) is 12.1 Å². The summed E-state index contributed by atoms with van der Waals surface area (Å²) in [7, 11) is 1.66. The van der Waals surface area contributed by atoms with Crippen LogP contribution in [0.25, 0.3) is 0 Å². The zero-order valence-corrected chi connectivity index (χ0v) is 13.0. The second kappa shape index (κ2) is 6.22. The molecule has 5 nitrogen and oxygen atoms in total. The number of hydrogen-bond donors (Lipinski definition) is 0. The minimum absolute atomic E-state index is 0.0673. The molecule has 1 aromatic carbocycles. The number of methoxy groups -OCH3 is 1. The van der Waals surface area contributed by atoms with Crippen LogP contribution in [0.4, 0.5) is 0 Å². The normalized spacial score (nSPS) is 17.7. The van der Waals surface area contributed by atoms with Gasteiger partial charge < -0.3 is 9.64 Å². The summed E-state index contributed by atoms with van der Waals surface area (Å²) in [6.07, 6.45) is 3.72. The van der Waals surface area contributed by atoms with Crippen LogP contribution in [0.2, 0.25) is 0 Å². The van der Waals surface area contributed by atoms with Crippen LogP contribution >= 0.6 is 0 Å². The van der Waals surface area contributed by atoms with E-state index in [4.69, 9.17) is 4.74 Å². The van der Waals surface area contributed by atoms with Gasteiger partial charge in [0, 0.05) is 19.3 Å². The molecule has 1 unspecified atom stereocenters. The van der Waals surface area contributed by atoms with Gasteiger partial charge in [0.15, 0.2) is 0 Å². The molecular weight excluding hydrogens is 278 g/mol. The molecule has 3 rings (SSSR count). The van der Waals surface area contributed by atoms with Crippen molar-refractivity contribution < 1.29 is 9.53 Å². The number of aryl methyl sites for hydroxylation is 1. The number of amides is 1. The van der Waals surface area contributed by atoms with Gasteiger partial charge >= 0.3 is 0 Å². The summed E-state index contributed by atoms with van der Waals surface area (Å²) < 4.78 is 6.96. The molecule has 0 bridgehead atoms. The lowest BCUT2D eigenvalue weighted by molar-refractivity contribution is 0.0723. The van der Waals surface area contributed by atoms with Crippen molar-refractivity contribution in [1.82, 2.24) is 14.7 Å². The molecule has 2 aromatic rings. The predicted octanol–water partition coefficient (Wildman–Crippen LogP) is 2.89. The van der Waals surface area contributed by atoms with Crippen molar-refractivity contribution in [2.45, 2.75) is 32.4 Å². The number of ether oxygens (including phenoxy) is 1. The first-order valence-corrected chi connectivity index (χ1v) is 7.71. The predicted molar refractivity (Wildman–Crippen MR) is 83.9 cm³/mol. The van der Waals surface area contributed by atoms with Crippen LogP contribution in [-0.2, 0) is 6.54 Å². The van der Waals surface area contributed by atoms with Gasteiger partial charge in [-0.3, -0.25) is 9.48 Å². The second-order valence-corrected chi connectivity index (χ2v) is 5.46. The third-order valence-electron chi connectivity index (χ3n) is 4.25. The second-order valence-electron chi connectivity index (χ2n) is 5.46. The fourth-order valence-electron chi connectivity index (χ4n) is 3.10. The summed E-state index contributed by atoms with van der Waals surface area (Å²) in [5, 5.41) is 4.20. The van der Waals surface area contributed by atoms with Crippen LogP contribution < -0.4 is 4.74 Å². The van der Waals surface area contributed by atoms with Gasteiger partial charge in [-0.25, -0.2) is 0 Å². The molecule has 1 aromatic heterocycles. The zero-order chi connectivity index (χ0) is 15.5. The van der Waals surface area contributed by atoms with E-state index in [2.05, 4.69) is 5.10 Å². The van der Waals surface area contributed by atoms with Crippen LogP contribution in [0.1, 0.15) is 41.9 Å². The molecule has 22 heavy (non-hydrogen) atoms. The van der Waals surface area contributed by atoms with Gasteiger partial charge in [0.25, 0.3) is 5.91 Å². The molecule has 0 radical (unpaired) electrons. The Balaban J connectivity index is 1.84. The highest BCUT2D eigenvalue weighted by Crippen LogP contribution is 2.33. The Kier molecular flexibility index (Phi) is 4.13. The van der Waals surface area contributed by atoms with E-state index in [9.17, 15) is 4.79 Å². The van der Waals surface area contributed by atoms with E-state index in [0.717, 1.165) is 30.7 Å². The SMILES string of the molecule is CCn1nccc1C(=O)N1CCCC1c1ccc(OC)cc1. The summed E-state index contributed by atoms with van der Waals surface area (Å²) in [6, 6.07) is 9.94. The molecule has 1 fully saturated rings. The topological polar surface area (TPSA) is 47.4 Å². The summed E-state index contributed by atoms with van der Waals surface area (Å²) in [5.74, 6) is 0.904. The Morgan fingerprint density at radius 1 is 1.32 bits per heavy atom. The van der Waals surface area contributed by atoms with Gasteiger partial charge in [-0.15, -0.1) is 0 Å². The zero-order valence-electron chi connectivity index (χ0n) is 13.0. The molecule has 1 aliphatic heterocycles. The molecule has 0 N–H and O–H groups in total. The first kappa shape index (κ1) is 14.6. The number of benzene rings is 1. The number of likely N-dealkylation sites (tertiary alicyclic amines) is 1. The van der Waals surface area contributed by atoms with Crippen molar-refractivity contribution in [2.75, 3.05) is 13.7 Å². The molecular formula is C17H21N3O2. The fourth-order valence-corrected chi connectivity index (χ4v) is 3.10. The molecule has 0 aliphatic carbocycles. The van der Waals surface area contributed by atoms with E-state index >= 15 is 0 Å². The Labute approximate surface area is 130 Å². The van der Waals surface area contributed by atoms with Crippen molar-refractivity contribution in [1.29, 1.82) is 0 Å². The lowest BCUT2D eigenvalue weighted by Gasteiger charge is -2.25. The third-order valence-corrected chi connectivity index (χ3v) is 4.25. The van der Waals surface area contributed by atoms with Gasteiger partial charge in [0.1, 0.15) is 11.4 Å². The first-order chi connectivity index (χ1) is 10.7. The Morgan fingerprint density at radius 2 is 2.09 bits per heavy atom. The molecule has 1 aliphatic rings. The standard InChI is InChI=1S/C17H21N3O2/c1-3-20-16(10-11-18-20)17(21)19-12-4-5-15(19)13-6-8-14(22-2)9-7-13/h6-11,15H,3-5,12H2,1-2H3. The van der Waals surface area contributed by atoms with E-state index in [1.54, 1.807) is 24.1 Å². The molecule has 0 saturated carbocycles. The number of nitrogens with zero attached hydrogens (tertiary/aromatic N) is 3. The molecule has 1 saturated heterocycles. The van der Waals surface area contributed by atoms with Gasteiger partial charge in [0.05, 0.1) is 13.2 Å². The van der Waals surface area contributed by atoms with E-state index < -0.39 is 0 Å². The fraction of sp³-hybridized carbons (Fsp3) is 0.412. The number of rotatable bonds is 4. The molecule has 116 valence electrons. The molecule has 0 spiro atoms. The monoisotopic (exact) mass is 299 g/mol. The minimum Gasteiger partial charge on any atom is -0.497 e. The highest BCUT2D eigenvalue weighted by atomic mass is 16.5. The van der Waals surface area contributed by atoms with Gasteiger partial charge in [0.2, 0.25) is 0 Å². The maximum Gasteiger partial charge on any atom is 0.272 e. The Morgan fingerprint density at radius 3 is 2.77 bits per heavy atom. The van der Waals surface area contributed by atoms with Gasteiger partial charge in [-0.2, -0.15) is 5.10 Å². The Bertz CT molecular complexity index is 648. The number of aromatic nitrogens is 2. The first-order valence-electron chi connectivity index (χ1n) is 7.71. The number of carbonyl (C=O) groups is 1. The summed E-state index contributed by atoms with van der Waals surface area (Å²) >= 11 is 0. The quantitative estimate of drug-likeness (QED) is 0.872. The largest absolute Gasteiger partial charge is 0.497 e. The molecule has 1 amide bonds. The summed E-state index contributed by atoms with van der Waals surface area (Å²) in [6.45, 7) is 3.49. The molecule has 2 heterocycles. The van der Waals surface area contributed by atoms with E-state index in [1.165, 1.54) is 0 Å². The number of carbonyl (C=O) groups excluding carboxylic acids is 1. The van der Waals surface area contributed by atoms with Crippen LogP contribution in [0.5, 0.6) is 5.75 Å². The summed E-state index contributed by atoms with van der Waals surface area (Å²) in [5.41, 5.74) is 1.83. The van der Waals surface area contributed by atoms with Crippen LogP contribution in [0, 0.1) is 0 Å². The van der Waals surface area contributed by atoms with Crippen LogP contribution in [0.15, 0.2) is 36.5 Å². The van der Waals surface area contributed by atoms with Crippen molar-refractivity contribution in [3.63, 3.8) is 0 Å². The highest BCUT2D eigenvalue weighted by Gasteiger charge is 2.31. The van der Waals surface area contributed by atoms with E-state index in [0.29, 0.717) is 12.2 Å². The van der Waals surface area contributed by atoms with Crippen LogP contribution in [0.3, 0.4) is 0 Å². The maximum absolute atomic E-state index is 12.8. The molecule has 5 heteroatoms. The smallest absolute Gasteiger partial charge is 0.272 e. The van der Waals surface area contributed by atoms with E-state index in [-0.39, 0.29) is 11.9 Å². The van der Waals surface area contributed by atoms with Crippen molar-refractivity contribution in [3.05, 3.63) is 47.8 Å². The Hall–Kier alpha value is -2.30. The van der Waals surface area contributed by atoms with Gasteiger partial charge in [-0.05, 0) is 43.5 Å². The highest BCUT2D eigenvalue weighted by molar-refractivity contribution is 5.93. The van der Waals surface area contributed by atoms with Crippen molar-refractivity contribution in [3.8, 4) is 5.75 Å². The summed E-state index contributed by atoms with van der Waals surface area (Å²) in [4.78, 5) is 14.8. The third kappa shape index (κ3) is 2.58. The van der Waals surface area contributed by atoms with Crippen molar-refractivity contribution >= 4 is 5.91 Å². The average Bonchev–Trinajstić information content (AvgIpc) is 3.23. The maximum atomic E-state index is 12.8. The van der Waals surface area contributed by atoms with Crippen molar-refractivity contribution in [2.24, 2.45) is 0 Å². The van der Waals surface area contributed by atoms with E-state index in [1.807, 2.05) is 36.1 Å².